The molecule has 0 heteroatoms. The van der Waals surface area contributed by atoms with Gasteiger partial charge in [0.2, 0.25) is 0 Å². The van der Waals surface area contributed by atoms with Gasteiger partial charge in [0.1, 0.15) is 0 Å². The topological polar surface area (TPSA) is 0 Å². The minimum atomic E-state index is -0.0697. The van der Waals surface area contributed by atoms with Gasteiger partial charge in [-0.3, -0.25) is 0 Å². The Kier molecular flexibility index (Phi) is 2.99. The van der Waals surface area contributed by atoms with Crippen LogP contribution in [0.3, 0.4) is 0 Å². The Morgan fingerprint density at radius 3 is 1.48 bits per heavy atom. The van der Waals surface area contributed by atoms with Gasteiger partial charge in [0.05, 0.1) is 0 Å². The summed E-state index contributed by atoms with van der Waals surface area (Å²) in [6.07, 6.45) is 0. The Morgan fingerprint density at radius 2 is 1.00 bits per heavy atom. The summed E-state index contributed by atoms with van der Waals surface area (Å²) in [5.41, 5.74) is 10.9. The van der Waals surface area contributed by atoms with Gasteiger partial charge < -0.3 is 0 Å². The first-order valence-corrected chi connectivity index (χ1v) is 8.30. The summed E-state index contributed by atoms with van der Waals surface area (Å²) in [7, 11) is 0. The maximum atomic E-state index is 2.37. The van der Waals surface area contributed by atoms with Crippen LogP contribution in [0.1, 0.15) is 40.3 Å². The molecule has 0 aromatic heterocycles. The molecular formula is C23H22. The largest absolute Gasteiger partial charge is 0.0590 e. The van der Waals surface area contributed by atoms with Gasteiger partial charge >= 0.3 is 0 Å². The number of hydrogen-bond acceptors (Lipinski definition) is 0. The Bertz CT molecular complexity index is 846. The van der Waals surface area contributed by atoms with Crippen molar-refractivity contribution in [3.63, 3.8) is 0 Å². The van der Waals surface area contributed by atoms with Crippen molar-refractivity contribution in [1.82, 2.24) is 0 Å². The molecule has 0 fully saturated rings. The normalized spacial score (nSPS) is 14.4. The van der Waals surface area contributed by atoms with E-state index in [1.165, 1.54) is 44.5 Å². The molecule has 0 unspecified atom stereocenters. The Balaban J connectivity index is 2.07. The van der Waals surface area contributed by atoms with Gasteiger partial charge in [0, 0.05) is 5.41 Å². The molecule has 114 valence electrons. The van der Waals surface area contributed by atoms with Crippen LogP contribution in [0.25, 0.3) is 11.1 Å². The summed E-state index contributed by atoms with van der Waals surface area (Å²) in [6, 6.07) is 22.8. The van der Waals surface area contributed by atoms with E-state index in [-0.39, 0.29) is 5.41 Å². The minimum Gasteiger partial charge on any atom is -0.0590 e. The molecule has 3 aromatic rings. The maximum Gasteiger partial charge on any atom is 0.0435 e. The van der Waals surface area contributed by atoms with Crippen LogP contribution in [0.2, 0.25) is 0 Å². The molecule has 0 atom stereocenters. The fourth-order valence-electron chi connectivity index (χ4n) is 3.98. The summed E-state index contributed by atoms with van der Waals surface area (Å²) < 4.78 is 0. The van der Waals surface area contributed by atoms with Crippen LogP contribution in [0.5, 0.6) is 0 Å². The summed E-state index contributed by atoms with van der Waals surface area (Å²) in [6.45, 7) is 8.87. The molecule has 0 saturated heterocycles. The van der Waals surface area contributed by atoms with E-state index in [1.807, 2.05) is 0 Å². The van der Waals surface area contributed by atoms with Gasteiger partial charge in [0.25, 0.3) is 0 Å². The first-order chi connectivity index (χ1) is 11.0. The molecule has 0 radical (unpaired) electrons. The van der Waals surface area contributed by atoms with Crippen molar-refractivity contribution in [2.45, 2.75) is 33.1 Å². The number of aryl methyl sites for hydroxylation is 3. The molecule has 1 aliphatic carbocycles. The fraction of sp³-hybridized carbons (Fsp3) is 0.217. The molecule has 0 amide bonds. The number of rotatable bonds is 1. The predicted molar refractivity (Wildman–Crippen MR) is 98.1 cm³/mol. The van der Waals surface area contributed by atoms with Crippen molar-refractivity contribution in [1.29, 1.82) is 0 Å². The fourth-order valence-corrected chi connectivity index (χ4v) is 3.98. The van der Waals surface area contributed by atoms with Gasteiger partial charge in [0.15, 0.2) is 0 Å². The van der Waals surface area contributed by atoms with Gasteiger partial charge in [-0.15, -0.1) is 0 Å². The zero-order valence-electron chi connectivity index (χ0n) is 14.3. The second-order valence-electron chi connectivity index (χ2n) is 7.09. The van der Waals surface area contributed by atoms with E-state index in [1.54, 1.807) is 0 Å². The maximum absolute atomic E-state index is 2.37. The van der Waals surface area contributed by atoms with E-state index in [4.69, 9.17) is 0 Å². The third-order valence-corrected chi connectivity index (χ3v) is 5.35. The number of fused-ring (bicyclic) bond motifs is 3. The molecule has 0 N–H and O–H groups in total. The monoisotopic (exact) mass is 298 g/mol. The highest BCUT2D eigenvalue weighted by Crippen LogP contribution is 2.52. The van der Waals surface area contributed by atoms with Crippen molar-refractivity contribution >= 4 is 0 Å². The van der Waals surface area contributed by atoms with E-state index < -0.39 is 0 Å². The van der Waals surface area contributed by atoms with Crippen molar-refractivity contribution in [3.05, 3.63) is 94.0 Å². The molecule has 3 aromatic carbocycles. The van der Waals surface area contributed by atoms with E-state index in [0.717, 1.165) is 0 Å². The first kappa shape index (κ1) is 14.3. The molecule has 0 heterocycles. The van der Waals surface area contributed by atoms with E-state index in [9.17, 15) is 0 Å². The lowest BCUT2D eigenvalue weighted by Gasteiger charge is -2.28. The summed E-state index contributed by atoms with van der Waals surface area (Å²) >= 11 is 0. The highest BCUT2D eigenvalue weighted by atomic mass is 14.4. The van der Waals surface area contributed by atoms with E-state index in [0.29, 0.717) is 0 Å². The Morgan fingerprint density at radius 1 is 0.565 bits per heavy atom. The Hall–Kier alpha value is -2.34. The van der Waals surface area contributed by atoms with Crippen LogP contribution in [-0.4, -0.2) is 0 Å². The molecule has 1 aliphatic rings. The summed E-state index contributed by atoms with van der Waals surface area (Å²) in [5, 5.41) is 0. The molecule has 23 heavy (non-hydrogen) atoms. The van der Waals surface area contributed by atoms with Crippen molar-refractivity contribution in [3.8, 4) is 11.1 Å². The Labute approximate surface area is 138 Å². The van der Waals surface area contributed by atoms with Crippen LogP contribution in [-0.2, 0) is 5.41 Å². The summed E-state index contributed by atoms with van der Waals surface area (Å²) in [5.74, 6) is 0. The minimum absolute atomic E-state index is 0.0697. The van der Waals surface area contributed by atoms with Crippen LogP contribution >= 0.6 is 0 Å². The molecule has 0 aliphatic heterocycles. The molecule has 0 bridgehead atoms. The van der Waals surface area contributed by atoms with Gasteiger partial charge in [-0.05, 0) is 55.5 Å². The average Bonchev–Trinajstić information content (AvgIpc) is 2.77. The van der Waals surface area contributed by atoms with Crippen molar-refractivity contribution in [2.75, 3.05) is 0 Å². The summed E-state index contributed by atoms with van der Waals surface area (Å²) in [4.78, 5) is 0. The number of benzene rings is 3. The van der Waals surface area contributed by atoms with Crippen LogP contribution in [0, 0.1) is 20.8 Å². The lowest BCUT2D eigenvalue weighted by molar-refractivity contribution is 0.713. The van der Waals surface area contributed by atoms with Gasteiger partial charge in [-0.25, -0.2) is 0 Å². The average molecular weight is 298 g/mol. The zero-order valence-corrected chi connectivity index (χ0v) is 14.3. The van der Waals surface area contributed by atoms with Crippen LogP contribution in [0.4, 0.5) is 0 Å². The zero-order chi connectivity index (χ0) is 16.2. The molecule has 0 saturated carbocycles. The van der Waals surface area contributed by atoms with Crippen molar-refractivity contribution in [2.24, 2.45) is 0 Å². The highest BCUT2D eigenvalue weighted by Gasteiger charge is 2.40. The standard InChI is InChI=1S/C23H22/c1-15-5-9-18(10-6-15)23(4)21-11-7-16(2)13-19(21)20-14-17(3)8-12-22(20)23/h5-14H,1-4H3. The van der Waals surface area contributed by atoms with Crippen LogP contribution < -0.4 is 0 Å². The van der Waals surface area contributed by atoms with Gasteiger partial charge in [-0.2, -0.15) is 0 Å². The SMILES string of the molecule is Cc1ccc(C2(C)c3ccc(C)cc3-c3cc(C)ccc32)cc1. The first-order valence-electron chi connectivity index (χ1n) is 8.30. The third kappa shape index (κ3) is 1.98. The van der Waals surface area contributed by atoms with E-state index >= 15 is 0 Å². The second kappa shape index (κ2) is 4.83. The smallest absolute Gasteiger partial charge is 0.0435 e. The number of hydrogen-bond donors (Lipinski definition) is 0. The van der Waals surface area contributed by atoms with Crippen molar-refractivity contribution < 1.29 is 0 Å². The second-order valence-corrected chi connectivity index (χ2v) is 7.09. The quantitative estimate of drug-likeness (QED) is 0.521. The van der Waals surface area contributed by atoms with Crippen LogP contribution in [0.15, 0.2) is 60.7 Å². The molecule has 4 rings (SSSR count). The predicted octanol–water partition coefficient (Wildman–Crippen LogP) is 5.95. The highest BCUT2D eigenvalue weighted by molar-refractivity contribution is 5.83. The van der Waals surface area contributed by atoms with Gasteiger partial charge in [-0.1, -0.05) is 77.4 Å². The van der Waals surface area contributed by atoms with E-state index in [2.05, 4.69) is 88.4 Å². The molecular weight excluding hydrogens is 276 g/mol. The third-order valence-electron chi connectivity index (χ3n) is 5.35. The lowest BCUT2D eigenvalue weighted by atomic mass is 9.74. The lowest BCUT2D eigenvalue weighted by Crippen LogP contribution is -2.22. The molecule has 0 spiro atoms. The molecule has 0 nitrogen and oxygen atoms in total.